The van der Waals surface area contributed by atoms with Crippen LogP contribution in [0.3, 0.4) is 0 Å². The third kappa shape index (κ3) is 5.17. The summed E-state index contributed by atoms with van der Waals surface area (Å²) in [5.74, 6) is 0.445. The standard InChI is InChI=1S/C23H23N3O3S/c1-28-23(27)18-4-8-20(9-5-18)30-22-10-11-24-21(25-22)16-17-2-6-19(7-3-17)26-12-14-29-15-13-26/h2-11H,12-16H2,1H3. The predicted molar refractivity (Wildman–Crippen MR) is 116 cm³/mol. The summed E-state index contributed by atoms with van der Waals surface area (Å²) in [5, 5.41) is 0.871. The van der Waals surface area contributed by atoms with Crippen LogP contribution in [0.2, 0.25) is 0 Å². The molecule has 154 valence electrons. The zero-order valence-corrected chi connectivity index (χ0v) is 17.6. The summed E-state index contributed by atoms with van der Waals surface area (Å²) in [5.41, 5.74) is 2.94. The van der Waals surface area contributed by atoms with Crippen LogP contribution >= 0.6 is 11.8 Å². The van der Waals surface area contributed by atoms with Crippen LogP contribution in [0, 0.1) is 0 Å². The second-order valence-corrected chi connectivity index (χ2v) is 7.97. The number of hydrogen-bond donors (Lipinski definition) is 0. The molecule has 1 fully saturated rings. The first kappa shape index (κ1) is 20.4. The summed E-state index contributed by atoms with van der Waals surface area (Å²) in [7, 11) is 1.38. The Bertz CT molecular complexity index is 987. The predicted octanol–water partition coefficient (Wildman–Crippen LogP) is 3.84. The van der Waals surface area contributed by atoms with Gasteiger partial charge in [-0.3, -0.25) is 0 Å². The largest absolute Gasteiger partial charge is 0.465 e. The van der Waals surface area contributed by atoms with Crippen molar-refractivity contribution in [2.45, 2.75) is 16.3 Å². The zero-order chi connectivity index (χ0) is 20.8. The monoisotopic (exact) mass is 421 g/mol. The van der Waals surface area contributed by atoms with Gasteiger partial charge in [0.05, 0.1) is 25.9 Å². The third-order valence-electron chi connectivity index (χ3n) is 4.85. The van der Waals surface area contributed by atoms with Crippen molar-refractivity contribution >= 4 is 23.4 Å². The Morgan fingerprint density at radius 3 is 2.50 bits per heavy atom. The van der Waals surface area contributed by atoms with E-state index >= 15 is 0 Å². The minimum Gasteiger partial charge on any atom is -0.465 e. The fourth-order valence-electron chi connectivity index (χ4n) is 3.25. The Kier molecular flexibility index (Phi) is 6.61. The van der Waals surface area contributed by atoms with Gasteiger partial charge in [0.1, 0.15) is 10.9 Å². The molecule has 3 aromatic rings. The summed E-state index contributed by atoms with van der Waals surface area (Å²) in [6, 6.07) is 17.8. The Labute approximate surface area is 180 Å². The number of benzene rings is 2. The van der Waals surface area contributed by atoms with Gasteiger partial charge in [-0.25, -0.2) is 14.8 Å². The lowest BCUT2D eigenvalue weighted by Crippen LogP contribution is -2.36. The summed E-state index contributed by atoms with van der Waals surface area (Å²) < 4.78 is 10.2. The maximum Gasteiger partial charge on any atom is 0.337 e. The van der Waals surface area contributed by atoms with Crippen molar-refractivity contribution in [3.63, 3.8) is 0 Å². The maximum atomic E-state index is 11.6. The molecule has 2 aromatic carbocycles. The van der Waals surface area contributed by atoms with Gasteiger partial charge in [-0.05, 0) is 48.0 Å². The van der Waals surface area contributed by atoms with Gasteiger partial charge in [-0.1, -0.05) is 23.9 Å². The normalized spacial score (nSPS) is 13.8. The van der Waals surface area contributed by atoms with Gasteiger partial charge in [0.25, 0.3) is 0 Å². The van der Waals surface area contributed by atoms with E-state index in [0.717, 1.165) is 42.0 Å². The number of morpholine rings is 1. The summed E-state index contributed by atoms with van der Waals surface area (Å²) in [6.45, 7) is 3.43. The maximum absolute atomic E-state index is 11.6. The van der Waals surface area contributed by atoms with Crippen LogP contribution in [0.5, 0.6) is 0 Å². The average molecular weight is 422 g/mol. The zero-order valence-electron chi connectivity index (χ0n) is 16.8. The van der Waals surface area contributed by atoms with Gasteiger partial charge in [-0.15, -0.1) is 0 Å². The van der Waals surface area contributed by atoms with Crippen molar-refractivity contribution in [1.82, 2.24) is 9.97 Å². The van der Waals surface area contributed by atoms with Crippen molar-refractivity contribution < 1.29 is 14.3 Å². The van der Waals surface area contributed by atoms with Gasteiger partial charge in [-0.2, -0.15) is 0 Å². The number of methoxy groups -OCH3 is 1. The van der Waals surface area contributed by atoms with Crippen molar-refractivity contribution in [1.29, 1.82) is 0 Å². The van der Waals surface area contributed by atoms with E-state index in [1.807, 2.05) is 18.2 Å². The summed E-state index contributed by atoms with van der Waals surface area (Å²) in [4.78, 5) is 24.0. The molecule has 1 aliphatic rings. The van der Waals surface area contributed by atoms with Gasteiger partial charge in [0, 0.05) is 36.3 Å². The number of anilines is 1. The highest BCUT2D eigenvalue weighted by molar-refractivity contribution is 7.99. The molecule has 2 heterocycles. The molecule has 0 N–H and O–H groups in total. The van der Waals surface area contributed by atoms with E-state index in [1.165, 1.54) is 30.1 Å². The van der Waals surface area contributed by atoms with Crippen LogP contribution in [0.25, 0.3) is 0 Å². The molecule has 7 heteroatoms. The summed E-state index contributed by atoms with van der Waals surface area (Å²) in [6.07, 6.45) is 2.47. The Hall–Kier alpha value is -2.90. The highest BCUT2D eigenvalue weighted by atomic mass is 32.2. The van der Waals surface area contributed by atoms with Crippen molar-refractivity contribution in [2.24, 2.45) is 0 Å². The lowest BCUT2D eigenvalue weighted by molar-refractivity contribution is 0.0600. The van der Waals surface area contributed by atoms with E-state index in [1.54, 1.807) is 18.3 Å². The second-order valence-electron chi connectivity index (χ2n) is 6.87. The van der Waals surface area contributed by atoms with E-state index in [2.05, 4.69) is 39.1 Å². The van der Waals surface area contributed by atoms with E-state index < -0.39 is 0 Å². The van der Waals surface area contributed by atoms with Crippen LogP contribution in [-0.4, -0.2) is 49.4 Å². The number of hydrogen-bond acceptors (Lipinski definition) is 7. The van der Waals surface area contributed by atoms with Crippen molar-refractivity contribution in [3.05, 3.63) is 77.7 Å². The van der Waals surface area contributed by atoms with Crippen LogP contribution in [0.4, 0.5) is 5.69 Å². The Morgan fingerprint density at radius 1 is 1.07 bits per heavy atom. The quantitative estimate of drug-likeness (QED) is 0.443. The second kappa shape index (κ2) is 9.73. The van der Waals surface area contributed by atoms with Crippen LogP contribution in [-0.2, 0) is 15.9 Å². The Morgan fingerprint density at radius 2 is 1.80 bits per heavy atom. The minimum atomic E-state index is -0.337. The van der Waals surface area contributed by atoms with Crippen LogP contribution < -0.4 is 4.90 Å². The van der Waals surface area contributed by atoms with Gasteiger partial charge in [0.15, 0.2) is 0 Å². The molecule has 0 unspecified atom stereocenters. The molecule has 30 heavy (non-hydrogen) atoms. The average Bonchev–Trinajstić information content (AvgIpc) is 2.80. The number of ether oxygens (including phenoxy) is 2. The van der Waals surface area contributed by atoms with Crippen LogP contribution in [0.1, 0.15) is 21.7 Å². The highest BCUT2D eigenvalue weighted by Gasteiger charge is 2.11. The number of nitrogens with zero attached hydrogens (tertiary/aromatic N) is 3. The molecule has 0 amide bonds. The molecule has 1 saturated heterocycles. The molecule has 1 aromatic heterocycles. The van der Waals surface area contributed by atoms with E-state index in [9.17, 15) is 4.79 Å². The van der Waals surface area contributed by atoms with Crippen LogP contribution in [0.15, 0.2) is 70.7 Å². The summed E-state index contributed by atoms with van der Waals surface area (Å²) >= 11 is 1.54. The molecule has 0 spiro atoms. The number of carbonyl (C=O) groups excluding carboxylic acids is 1. The van der Waals surface area contributed by atoms with E-state index in [0.29, 0.717) is 12.0 Å². The number of rotatable bonds is 6. The van der Waals surface area contributed by atoms with Crippen molar-refractivity contribution in [2.75, 3.05) is 38.3 Å². The first-order valence-electron chi connectivity index (χ1n) is 9.81. The minimum absolute atomic E-state index is 0.337. The third-order valence-corrected chi connectivity index (χ3v) is 5.80. The lowest BCUT2D eigenvalue weighted by Gasteiger charge is -2.28. The molecule has 0 radical (unpaired) electrons. The SMILES string of the molecule is COC(=O)c1ccc(Sc2ccnc(Cc3ccc(N4CCOCC4)cc3)n2)cc1. The number of carbonyl (C=O) groups is 1. The van der Waals surface area contributed by atoms with Gasteiger partial charge >= 0.3 is 5.97 Å². The first-order valence-corrected chi connectivity index (χ1v) is 10.6. The van der Waals surface area contributed by atoms with Gasteiger partial charge in [0.2, 0.25) is 0 Å². The van der Waals surface area contributed by atoms with E-state index in [4.69, 9.17) is 9.47 Å². The molecule has 0 bridgehead atoms. The van der Waals surface area contributed by atoms with Gasteiger partial charge < -0.3 is 14.4 Å². The number of aromatic nitrogens is 2. The Balaban J connectivity index is 1.40. The van der Waals surface area contributed by atoms with Crippen molar-refractivity contribution in [3.8, 4) is 0 Å². The molecule has 1 aliphatic heterocycles. The lowest BCUT2D eigenvalue weighted by atomic mass is 10.1. The first-order chi connectivity index (χ1) is 14.7. The highest BCUT2D eigenvalue weighted by Crippen LogP contribution is 2.26. The molecular formula is C23H23N3O3S. The molecule has 0 aliphatic carbocycles. The topological polar surface area (TPSA) is 64.5 Å². The van der Waals surface area contributed by atoms with E-state index in [-0.39, 0.29) is 5.97 Å². The molecule has 4 rings (SSSR count). The fraction of sp³-hybridized carbons (Fsp3) is 0.261. The molecule has 6 nitrogen and oxygen atoms in total. The fourth-order valence-corrected chi connectivity index (χ4v) is 4.04. The molecular weight excluding hydrogens is 398 g/mol. The number of esters is 1. The molecule has 0 saturated carbocycles. The smallest absolute Gasteiger partial charge is 0.337 e. The molecule has 0 atom stereocenters.